The molecule has 0 aliphatic heterocycles. The van der Waals surface area contributed by atoms with Crippen LogP contribution in [0.3, 0.4) is 0 Å². The quantitative estimate of drug-likeness (QED) is 0.899. The first-order chi connectivity index (χ1) is 9.82. The summed E-state index contributed by atoms with van der Waals surface area (Å²) >= 11 is 1.46. The molecule has 114 valence electrons. The first-order valence-electron chi connectivity index (χ1n) is 6.99. The molecule has 0 atom stereocenters. The Bertz CT molecular complexity index is 630. The van der Waals surface area contributed by atoms with Crippen LogP contribution >= 0.6 is 11.3 Å². The van der Waals surface area contributed by atoms with E-state index in [1.54, 1.807) is 0 Å². The number of hydrogen-bond donors (Lipinski definition) is 1. The highest BCUT2D eigenvalue weighted by Gasteiger charge is 2.24. The summed E-state index contributed by atoms with van der Waals surface area (Å²) in [6, 6.07) is 3.62. The van der Waals surface area contributed by atoms with Crippen LogP contribution in [-0.4, -0.2) is 11.5 Å². The maximum absolute atomic E-state index is 13.9. The third-order valence-electron chi connectivity index (χ3n) is 3.10. The third kappa shape index (κ3) is 3.66. The topological polar surface area (TPSA) is 24.9 Å². The van der Waals surface area contributed by atoms with E-state index in [1.807, 2.05) is 6.92 Å². The summed E-state index contributed by atoms with van der Waals surface area (Å²) in [5.74, 6) is -1.14. The number of benzene rings is 1. The van der Waals surface area contributed by atoms with Gasteiger partial charge in [0.2, 0.25) is 0 Å². The number of aromatic nitrogens is 1. The van der Waals surface area contributed by atoms with E-state index in [1.165, 1.54) is 23.5 Å². The lowest BCUT2D eigenvalue weighted by Crippen LogP contribution is -2.18. The van der Waals surface area contributed by atoms with Gasteiger partial charge in [-0.25, -0.2) is 13.8 Å². The van der Waals surface area contributed by atoms with Crippen molar-refractivity contribution in [1.82, 2.24) is 10.3 Å². The van der Waals surface area contributed by atoms with Gasteiger partial charge >= 0.3 is 0 Å². The Morgan fingerprint density at radius 1 is 1.24 bits per heavy atom. The van der Waals surface area contributed by atoms with Crippen LogP contribution in [0.15, 0.2) is 18.2 Å². The van der Waals surface area contributed by atoms with E-state index in [2.05, 4.69) is 31.1 Å². The van der Waals surface area contributed by atoms with Crippen molar-refractivity contribution in [2.75, 3.05) is 6.54 Å². The summed E-state index contributed by atoms with van der Waals surface area (Å²) in [4.78, 5) is 5.71. The van der Waals surface area contributed by atoms with Crippen LogP contribution in [0.2, 0.25) is 0 Å². The molecule has 0 unspecified atom stereocenters. The molecule has 1 aromatic carbocycles. The van der Waals surface area contributed by atoms with Crippen LogP contribution < -0.4 is 5.32 Å². The van der Waals surface area contributed by atoms with Crippen molar-refractivity contribution in [1.29, 1.82) is 0 Å². The number of hydrogen-bond acceptors (Lipinski definition) is 3. The van der Waals surface area contributed by atoms with Gasteiger partial charge in [0.25, 0.3) is 0 Å². The molecule has 2 rings (SSSR count). The van der Waals surface area contributed by atoms with Crippen molar-refractivity contribution in [2.45, 2.75) is 39.7 Å². The van der Waals surface area contributed by atoms with Crippen molar-refractivity contribution >= 4 is 11.3 Å². The summed E-state index contributed by atoms with van der Waals surface area (Å²) < 4.78 is 27.0. The Hall–Kier alpha value is -1.33. The molecule has 21 heavy (non-hydrogen) atoms. The predicted molar refractivity (Wildman–Crippen MR) is 83.5 cm³/mol. The molecule has 0 bridgehead atoms. The van der Waals surface area contributed by atoms with Crippen LogP contribution in [0.4, 0.5) is 8.78 Å². The first-order valence-corrected chi connectivity index (χ1v) is 7.81. The third-order valence-corrected chi connectivity index (χ3v) is 4.19. The lowest BCUT2D eigenvalue weighted by atomic mass is 9.91. The number of nitrogens with one attached hydrogen (secondary N) is 1. The molecule has 0 saturated carbocycles. The minimum Gasteiger partial charge on any atom is -0.312 e. The van der Waals surface area contributed by atoms with E-state index in [0.717, 1.165) is 23.2 Å². The zero-order chi connectivity index (χ0) is 15.6. The highest BCUT2D eigenvalue weighted by atomic mass is 32.1. The molecule has 1 aromatic heterocycles. The van der Waals surface area contributed by atoms with Gasteiger partial charge in [-0.15, -0.1) is 11.3 Å². The fourth-order valence-corrected chi connectivity index (χ4v) is 3.34. The largest absolute Gasteiger partial charge is 0.312 e. The lowest BCUT2D eigenvalue weighted by Gasteiger charge is -2.17. The van der Waals surface area contributed by atoms with Crippen LogP contribution in [0.25, 0.3) is 10.6 Å². The van der Waals surface area contributed by atoms with Gasteiger partial charge in [-0.2, -0.15) is 0 Å². The van der Waals surface area contributed by atoms with Gasteiger partial charge < -0.3 is 5.32 Å². The average Bonchev–Trinajstić information content (AvgIpc) is 2.80. The minimum atomic E-state index is -0.572. The highest BCUT2D eigenvalue weighted by Crippen LogP contribution is 2.35. The molecule has 0 aliphatic rings. The zero-order valence-electron chi connectivity index (χ0n) is 12.8. The second-order valence-electron chi connectivity index (χ2n) is 5.95. The standard InChI is InChI=1S/C16H20F2N2S/c1-5-19-9-13-14(16(2,3)4)20-15(21-13)11-7-6-10(17)8-12(11)18/h6-8,19H,5,9H2,1-4H3. The number of thiazole rings is 1. The Balaban J connectivity index is 2.47. The summed E-state index contributed by atoms with van der Waals surface area (Å²) in [7, 11) is 0. The van der Waals surface area contributed by atoms with E-state index >= 15 is 0 Å². The van der Waals surface area contributed by atoms with Crippen LogP contribution in [0.5, 0.6) is 0 Å². The van der Waals surface area contributed by atoms with Gasteiger partial charge in [-0.3, -0.25) is 0 Å². The molecule has 0 fully saturated rings. The maximum atomic E-state index is 13.9. The summed E-state index contributed by atoms with van der Waals surface area (Å²) in [5.41, 5.74) is 1.21. The maximum Gasteiger partial charge on any atom is 0.136 e. The molecule has 1 heterocycles. The van der Waals surface area contributed by atoms with Gasteiger partial charge in [-0.1, -0.05) is 27.7 Å². The smallest absolute Gasteiger partial charge is 0.136 e. The number of nitrogens with zero attached hydrogens (tertiary/aromatic N) is 1. The van der Waals surface area contributed by atoms with E-state index in [4.69, 9.17) is 0 Å². The van der Waals surface area contributed by atoms with Crippen molar-refractivity contribution in [3.05, 3.63) is 40.4 Å². The minimum absolute atomic E-state index is 0.115. The fraction of sp³-hybridized carbons (Fsp3) is 0.438. The molecule has 5 heteroatoms. The molecule has 0 saturated heterocycles. The Kier molecular flexibility index (Phi) is 4.74. The van der Waals surface area contributed by atoms with Gasteiger partial charge in [0.1, 0.15) is 16.6 Å². The molecule has 2 nitrogen and oxygen atoms in total. The molecule has 0 aliphatic carbocycles. The number of halogens is 2. The second kappa shape index (κ2) is 6.20. The molecular formula is C16H20F2N2S. The van der Waals surface area contributed by atoms with E-state index in [9.17, 15) is 8.78 Å². The van der Waals surface area contributed by atoms with Crippen molar-refractivity contribution in [3.8, 4) is 10.6 Å². The zero-order valence-corrected chi connectivity index (χ0v) is 13.6. The van der Waals surface area contributed by atoms with Gasteiger partial charge in [0, 0.05) is 28.5 Å². The van der Waals surface area contributed by atoms with E-state index < -0.39 is 11.6 Å². The van der Waals surface area contributed by atoms with Crippen molar-refractivity contribution < 1.29 is 8.78 Å². The lowest BCUT2D eigenvalue weighted by molar-refractivity contribution is 0.560. The first kappa shape index (κ1) is 16.0. The van der Waals surface area contributed by atoms with Crippen LogP contribution in [-0.2, 0) is 12.0 Å². The molecule has 1 N–H and O–H groups in total. The number of rotatable bonds is 4. The van der Waals surface area contributed by atoms with Gasteiger partial charge in [0.15, 0.2) is 0 Å². The Labute approximate surface area is 128 Å². The van der Waals surface area contributed by atoms with E-state index in [-0.39, 0.29) is 5.41 Å². The molecular weight excluding hydrogens is 290 g/mol. The molecule has 0 radical (unpaired) electrons. The molecule has 0 spiro atoms. The SMILES string of the molecule is CCNCc1sc(-c2ccc(F)cc2F)nc1C(C)(C)C. The average molecular weight is 310 g/mol. The van der Waals surface area contributed by atoms with Gasteiger partial charge in [-0.05, 0) is 18.7 Å². The Morgan fingerprint density at radius 2 is 1.95 bits per heavy atom. The predicted octanol–water partition coefficient (Wildman–Crippen LogP) is 4.50. The summed E-state index contributed by atoms with van der Waals surface area (Å²) in [6.07, 6.45) is 0. The Morgan fingerprint density at radius 3 is 2.52 bits per heavy atom. The van der Waals surface area contributed by atoms with Gasteiger partial charge in [0.05, 0.1) is 5.69 Å². The highest BCUT2D eigenvalue weighted by molar-refractivity contribution is 7.15. The normalized spacial score (nSPS) is 11.9. The second-order valence-corrected chi connectivity index (χ2v) is 7.03. The van der Waals surface area contributed by atoms with E-state index in [0.29, 0.717) is 17.1 Å². The van der Waals surface area contributed by atoms with Crippen molar-refractivity contribution in [3.63, 3.8) is 0 Å². The molecule has 0 amide bonds. The van der Waals surface area contributed by atoms with Crippen molar-refractivity contribution in [2.24, 2.45) is 0 Å². The summed E-state index contributed by atoms with van der Waals surface area (Å²) in [6.45, 7) is 9.87. The fourth-order valence-electron chi connectivity index (χ4n) is 2.07. The summed E-state index contributed by atoms with van der Waals surface area (Å²) in [5, 5.41) is 3.88. The monoisotopic (exact) mass is 310 g/mol. The van der Waals surface area contributed by atoms with Crippen LogP contribution in [0.1, 0.15) is 38.3 Å². The van der Waals surface area contributed by atoms with Crippen LogP contribution in [0, 0.1) is 11.6 Å². The molecule has 2 aromatic rings.